The van der Waals surface area contributed by atoms with Crippen molar-refractivity contribution in [3.8, 4) is 5.75 Å². The molecule has 1 aromatic carbocycles. The normalized spacial score (nSPS) is 13.4. The van der Waals surface area contributed by atoms with Gasteiger partial charge >= 0.3 is 0 Å². The van der Waals surface area contributed by atoms with Gasteiger partial charge in [0.2, 0.25) is 0 Å². The van der Waals surface area contributed by atoms with Gasteiger partial charge < -0.3 is 14.6 Å². The standard InChI is InChI=1S/C20H21NO3S/c1-14-5-6-17(24-13-23-2)16(12-14)20(22)19(18-4-3-11-25-18)15-7-9-21-10-8-15/h3-12,19-20,22H,13H2,1-2H3. The second-order valence-corrected chi connectivity index (χ2v) is 6.79. The molecular weight excluding hydrogens is 334 g/mol. The molecule has 2 heterocycles. The SMILES string of the molecule is COCOc1ccc(C)cc1C(O)C(c1ccncc1)c1cccs1. The van der Waals surface area contributed by atoms with Crippen molar-refractivity contribution in [2.75, 3.05) is 13.9 Å². The molecule has 2 atom stereocenters. The molecule has 2 unspecified atom stereocenters. The van der Waals surface area contributed by atoms with Gasteiger partial charge in [-0.15, -0.1) is 11.3 Å². The molecule has 0 radical (unpaired) electrons. The first-order valence-corrected chi connectivity index (χ1v) is 8.92. The summed E-state index contributed by atoms with van der Waals surface area (Å²) in [6.45, 7) is 2.14. The van der Waals surface area contributed by atoms with Crippen LogP contribution < -0.4 is 4.74 Å². The Kier molecular flexibility index (Phi) is 5.81. The molecule has 0 fully saturated rings. The van der Waals surface area contributed by atoms with E-state index in [1.807, 2.05) is 54.8 Å². The second-order valence-electron chi connectivity index (χ2n) is 5.81. The number of ether oxygens (including phenoxy) is 2. The monoisotopic (exact) mass is 355 g/mol. The third kappa shape index (κ3) is 4.07. The van der Waals surface area contributed by atoms with Gasteiger partial charge in [0.15, 0.2) is 6.79 Å². The number of thiophene rings is 1. The number of hydrogen-bond donors (Lipinski definition) is 1. The number of aliphatic hydroxyl groups is 1. The van der Waals surface area contributed by atoms with Gasteiger partial charge in [-0.25, -0.2) is 0 Å². The molecule has 5 heteroatoms. The zero-order valence-electron chi connectivity index (χ0n) is 14.3. The van der Waals surface area contributed by atoms with Crippen LogP contribution in [0.4, 0.5) is 0 Å². The first-order valence-electron chi connectivity index (χ1n) is 8.04. The Labute approximate surface area is 151 Å². The largest absolute Gasteiger partial charge is 0.467 e. The fourth-order valence-electron chi connectivity index (χ4n) is 2.87. The van der Waals surface area contributed by atoms with Crippen molar-refractivity contribution in [3.63, 3.8) is 0 Å². The van der Waals surface area contributed by atoms with E-state index in [2.05, 4.69) is 4.98 Å². The topological polar surface area (TPSA) is 51.6 Å². The number of nitrogens with zero attached hydrogens (tertiary/aromatic N) is 1. The van der Waals surface area contributed by atoms with Crippen LogP contribution in [-0.4, -0.2) is 24.0 Å². The van der Waals surface area contributed by atoms with Crippen LogP contribution in [0.2, 0.25) is 0 Å². The molecule has 0 saturated heterocycles. The predicted molar refractivity (Wildman–Crippen MR) is 99.0 cm³/mol. The van der Waals surface area contributed by atoms with Crippen LogP contribution in [0.25, 0.3) is 0 Å². The Bertz CT molecular complexity index is 790. The molecule has 0 aliphatic heterocycles. The van der Waals surface area contributed by atoms with Crippen LogP contribution in [0.15, 0.2) is 60.2 Å². The minimum Gasteiger partial charge on any atom is -0.467 e. The van der Waals surface area contributed by atoms with Gasteiger partial charge in [-0.3, -0.25) is 4.98 Å². The van der Waals surface area contributed by atoms with E-state index < -0.39 is 6.10 Å². The summed E-state index contributed by atoms with van der Waals surface area (Å²) in [5, 5.41) is 13.3. The summed E-state index contributed by atoms with van der Waals surface area (Å²) in [6, 6.07) is 13.7. The molecule has 4 nitrogen and oxygen atoms in total. The summed E-state index contributed by atoms with van der Waals surface area (Å²) in [5.41, 5.74) is 2.84. The first kappa shape index (κ1) is 17.6. The molecule has 0 aliphatic carbocycles. The molecule has 0 aliphatic rings. The molecule has 1 N–H and O–H groups in total. The Morgan fingerprint density at radius 1 is 1.16 bits per heavy atom. The van der Waals surface area contributed by atoms with E-state index in [0.717, 1.165) is 21.6 Å². The lowest BCUT2D eigenvalue weighted by atomic mass is 9.87. The maximum atomic E-state index is 11.3. The van der Waals surface area contributed by atoms with Gasteiger partial charge in [-0.2, -0.15) is 0 Å². The molecule has 130 valence electrons. The van der Waals surface area contributed by atoms with Crippen molar-refractivity contribution >= 4 is 11.3 Å². The second kappa shape index (κ2) is 8.25. The quantitative estimate of drug-likeness (QED) is 0.642. The predicted octanol–water partition coefficient (Wildman–Crippen LogP) is 4.30. The highest BCUT2D eigenvalue weighted by molar-refractivity contribution is 7.10. The van der Waals surface area contributed by atoms with Crippen molar-refractivity contribution in [2.45, 2.75) is 18.9 Å². The maximum Gasteiger partial charge on any atom is 0.188 e. The lowest BCUT2D eigenvalue weighted by Crippen LogP contribution is -2.14. The van der Waals surface area contributed by atoms with Gasteiger partial charge in [-0.05, 0) is 48.2 Å². The fraction of sp³-hybridized carbons (Fsp3) is 0.250. The highest BCUT2D eigenvalue weighted by Crippen LogP contribution is 2.41. The van der Waals surface area contributed by atoms with Crippen LogP contribution in [0.3, 0.4) is 0 Å². The van der Waals surface area contributed by atoms with Crippen LogP contribution in [0.1, 0.15) is 33.6 Å². The van der Waals surface area contributed by atoms with Crippen molar-refractivity contribution in [1.82, 2.24) is 4.98 Å². The number of hydrogen-bond acceptors (Lipinski definition) is 5. The van der Waals surface area contributed by atoms with E-state index in [9.17, 15) is 5.11 Å². The van der Waals surface area contributed by atoms with Crippen molar-refractivity contribution < 1.29 is 14.6 Å². The zero-order valence-corrected chi connectivity index (χ0v) is 15.1. The van der Waals surface area contributed by atoms with E-state index in [4.69, 9.17) is 9.47 Å². The minimum atomic E-state index is -0.743. The first-order chi connectivity index (χ1) is 12.2. The van der Waals surface area contributed by atoms with Gasteiger partial charge in [0.05, 0.1) is 6.10 Å². The summed E-state index contributed by atoms with van der Waals surface area (Å²) >= 11 is 1.63. The van der Waals surface area contributed by atoms with Gasteiger partial charge in [0.1, 0.15) is 5.75 Å². The molecule has 0 bridgehead atoms. The molecule has 2 aromatic heterocycles. The lowest BCUT2D eigenvalue weighted by molar-refractivity contribution is 0.0474. The van der Waals surface area contributed by atoms with Crippen molar-refractivity contribution in [3.05, 3.63) is 81.8 Å². The number of aryl methyl sites for hydroxylation is 1. The van der Waals surface area contributed by atoms with E-state index in [0.29, 0.717) is 5.75 Å². The fourth-order valence-corrected chi connectivity index (χ4v) is 3.76. The lowest BCUT2D eigenvalue weighted by Gasteiger charge is -2.25. The number of aliphatic hydroxyl groups excluding tert-OH is 1. The van der Waals surface area contributed by atoms with Crippen molar-refractivity contribution in [1.29, 1.82) is 0 Å². The van der Waals surface area contributed by atoms with Crippen LogP contribution in [0, 0.1) is 6.92 Å². The van der Waals surface area contributed by atoms with Crippen LogP contribution >= 0.6 is 11.3 Å². The number of pyridine rings is 1. The molecule has 25 heavy (non-hydrogen) atoms. The number of methoxy groups -OCH3 is 1. The summed E-state index contributed by atoms with van der Waals surface area (Å²) in [4.78, 5) is 5.19. The highest BCUT2D eigenvalue weighted by Gasteiger charge is 2.28. The maximum absolute atomic E-state index is 11.3. The Morgan fingerprint density at radius 3 is 2.64 bits per heavy atom. The molecular formula is C20H21NO3S. The Hall–Kier alpha value is -2.21. The summed E-state index contributed by atoms with van der Waals surface area (Å²) in [6.07, 6.45) is 2.76. The highest BCUT2D eigenvalue weighted by atomic mass is 32.1. The molecule has 3 rings (SSSR count). The summed E-state index contributed by atoms with van der Waals surface area (Å²) in [7, 11) is 1.58. The zero-order chi connectivity index (χ0) is 17.6. The third-order valence-electron chi connectivity index (χ3n) is 4.05. The number of rotatable bonds is 7. The average Bonchev–Trinajstić information content (AvgIpc) is 3.16. The summed E-state index contributed by atoms with van der Waals surface area (Å²) in [5.74, 6) is 0.449. The van der Waals surface area contributed by atoms with E-state index in [1.54, 1.807) is 30.8 Å². The van der Waals surface area contributed by atoms with Gasteiger partial charge in [0.25, 0.3) is 0 Å². The Balaban J connectivity index is 2.04. The van der Waals surface area contributed by atoms with Gasteiger partial charge in [-0.1, -0.05) is 17.7 Å². The minimum absolute atomic E-state index is 0.141. The van der Waals surface area contributed by atoms with E-state index in [1.165, 1.54) is 0 Å². The van der Waals surface area contributed by atoms with Crippen LogP contribution in [0.5, 0.6) is 5.75 Å². The smallest absolute Gasteiger partial charge is 0.188 e. The Morgan fingerprint density at radius 2 is 1.96 bits per heavy atom. The van der Waals surface area contributed by atoms with E-state index >= 15 is 0 Å². The average molecular weight is 355 g/mol. The molecule has 3 aromatic rings. The molecule has 0 spiro atoms. The van der Waals surface area contributed by atoms with E-state index in [-0.39, 0.29) is 12.7 Å². The molecule has 0 amide bonds. The van der Waals surface area contributed by atoms with Crippen LogP contribution in [-0.2, 0) is 4.74 Å². The summed E-state index contributed by atoms with van der Waals surface area (Å²) < 4.78 is 10.7. The van der Waals surface area contributed by atoms with Crippen molar-refractivity contribution in [2.24, 2.45) is 0 Å². The van der Waals surface area contributed by atoms with Gasteiger partial charge in [0, 0.05) is 35.9 Å². The molecule has 0 saturated carbocycles. The number of benzene rings is 1. The number of aromatic nitrogens is 1. The third-order valence-corrected chi connectivity index (χ3v) is 5.00.